The number of nitro groups is 1. The Kier molecular flexibility index (Phi) is 5.88. The Morgan fingerprint density at radius 2 is 1.88 bits per heavy atom. The molecule has 0 spiro atoms. The maximum Gasteiger partial charge on any atom is 0.289 e. The molecule has 0 radical (unpaired) electrons. The zero-order valence-corrected chi connectivity index (χ0v) is 14.6. The molecular weight excluding hydrogens is 379 g/mol. The highest BCUT2D eigenvalue weighted by atomic mass is 35.5. The van der Waals surface area contributed by atoms with Crippen molar-refractivity contribution in [2.45, 2.75) is 6.92 Å². The third-order valence-corrected chi connectivity index (χ3v) is 4.05. The first-order valence-corrected chi connectivity index (χ1v) is 7.73. The van der Waals surface area contributed by atoms with Crippen molar-refractivity contribution < 1.29 is 14.5 Å². The van der Waals surface area contributed by atoms with Crippen molar-refractivity contribution in [3.63, 3.8) is 0 Å². The second-order valence-electron chi connectivity index (χ2n) is 4.79. The second-order valence-corrected chi connectivity index (χ2v) is 6.01. The maximum absolute atomic E-state index is 11.9. The summed E-state index contributed by atoms with van der Waals surface area (Å²) in [6.07, 6.45) is 0. The average molecular weight is 390 g/mol. The number of amides is 1. The van der Waals surface area contributed by atoms with Crippen LogP contribution in [0.2, 0.25) is 15.1 Å². The van der Waals surface area contributed by atoms with Gasteiger partial charge < -0.3 is 10.1 Å². The molecule has 0 aliphatic carbocycles. The molecule has 0 aliphatic rings. The van der Waals surface area contributed by atoms with Gasteiger partial charge in [-0.3, -0.25) is 14.9 Å². The molecule has 0 atom stereocenters. The van der Waals surface area contributed by atoms with Crippen LogP contribution >= 0.6 is 34.8 Å². The van der Waals surface area contributed by atoms with Gasteiger partial charge in [-0.1, -0.05) is 34.8 Å². The van der Waals surface area contributed by atoms with Crippen LogP contribution in [0.5, 0.6) is 5.75 Å². The molecule has 0 aromatic heterocycles. The minimum atomic E-state index is -0.661. The Balaban J connectivity index is 2.03. The minimum absolute atomic E-state index is 0.00165. The molecule has 2 rings (SSSR count). The SMILES string of the molecule is Cc1cc(OCC(=O)Nc2cc(Cl)c([N+](=O)[O-])cc2Cl)ccc1Cl. The van der Waals surface area contributed by atoms with E-state index in [0.717, 1.165) is 11.6 Å². The predicted molar refractivity (Wildman–Crippen MR) is 93.4 cm³/mol. The van der Waals surface area contributed by atoms with E-state index in [0.29, 0.717) is 10.8 Å². The number of benzene rings is 2. The van der Waals surface area contributed by atoms with E-state index < -0.39 is 10.8 Å². The van der Waals surface area contributed by atoms with Crippen molar-refractivity contribution in [3.8, 4) is 5.75 Å². The van der Waals surface area contributed by atoms with Crippen LogP contribution in [0, 0.1) is 17.0 Å². The predicted octanol–water partition coefficient (Wildman–Crippen LogP) is 4.88. The Labute approximate surface area is 152 Å². The Bertz CT molecular complexity index is 812. The van der Waals surface area contributed by atoms with Gasteiger partial charge in [0.2, 0.25) is 0 Å². The van der Waals surface area contributed by atoms with Crippen LogP contribution in [-0.2, 0) is 4.79 Å². The third-order valence-electron chi connectivity index (χ3n) is 3.01. The van der Waals surface area contributed by atoms with E-state index in [9.17, 15) is 14.9 Å². The molecular formula is C15H11Cl3N2O4. The molecule has 1 N–H and O–H groups in total. The van der Waals surface area contributed by atoms with Crippen molar-refractivity contribution in [1.29, 1.82) is 0 Å². The lowest BCUT2D eigenvalue weighted by atomic mass is 10.2. The largest absolute Gasteiger partial charge is 0.484 e. The number of carbonyl (C=O) groups is 1. The summed E-state index contributed by atoms with van der Waals surface area (Å²) in [5.41, 5.74) is 0.639. The van der Waals surface area contributed by atoms with Gasteiger partial charge in [0.15, 0.2) is 6.61 Å². The van der Waals surface area contributed by atoms with Crippen LogP contribution in [0.4, 0.5) is 11.4 Å². The number of hydrogen-bond acceptors (Lipinski definition) is 4. The number of hydrogen-bond donors (Lipinski definition) is 1. The summed E-state index contributed by atoms with van der Waals surface area (Å²) in [6, 6.07) is 7.29. The average Bonchev–Trinajstić information content (AvgIpc) is 2.51. The van der Waals surface area contributed by atoms with Crippen molar-refractivity contribution in [2.75, 3.05) is 11.9 Å². The fourth-order valence-electron chi connectivity index (χ4n) is 1.81. The van der Waals surface area contributed by atoms with Crippen LogP contribution in [-0.4, -0.2) is 17.4 Å². The molecule has 2 aromatic carbocycles. The molecule has 0 bridgehead atoms. The van der Waals surface area contributed by atoms with Crippen LogP contribution in [0.1, 0.15) is 5.56 Å². The third kappa shape index (κ3) is 4.50. The number of nitrogens with one attached hydrogen (secondary N) is 1. The Morgan fingerprint density at radius 1 is 1.17 bits per heavy atom. The Morgan fingerprint density at radius 3 is 2.50 bits per heavy atom. The highest BCUT2D eigenvalue weighted by molar-refractivity contribution is 6.37. The van der Waals surface area contributed by atoms with Gasteiger partial charge in [0.1, 0.15) is 10.8 Å². The van der Waals surface area contributed by atoms with E-state index in [2.05, 4.69) is 5.32 Å². The molecule has 0 saturated carbocycles. The first kappa shape index (κ1) is 18.3. The van der Waals surface area contributed by atoms with Gasteiger partial charge in [-0.15, -0.1) is 0 Å². The number of ether oxygens (including phenoxy) is 1. The molecule has 1 amide bonds. The summed E-state index contributed by atoms with van der Waals surface area (Å²) in [7, 11) is 0. The normalized spacial score (nSPS) is 10.3. The van der Waals surface area contributed by atoms with Gasteiger partial charge in [-0.05, 0) is 36.8 Å². The van der Waals surface area contributed by atoms with E-state index in [1.165, 1.54) is 6.07 Å². The zero-order valence-electron chi connectivity index (χ0n) is 12.3. The lowest BCUT2D eigenvalue weighted by molar-refractivity contribution is -0.384. The monoisotopic (exact) mass is 388 g/mol. The first-order valence-electron chi connectivity index (χ1n) is 6.60. The standard InChI is InChI=1S/C15H11Cl3N2O4/c1-8-4-9(2-3-10(8)16)24-7-15(21)19-13-5-12(18)14(20(22)23)6-11(13)17/h2-6H,7H2,1H3,(H,19,21). The molecule has 0 fully saturated rings. The summed E-state index contributed by atoms with van der Waals surface area (Å²) < 4.78 is 5.35. The van der Waals surface area contributed by atoms with Gasteiger partial charge in [0.25, 0.3) is 11.6 Å². The number of anilines is 1. The number of aryl methyl sites for hydroxylation is 1. The van der Waals surface area contributed by atoms with E-state index >= 15 is 0 Å². The first-order chi connectivity index (χ1) is 11.3. The zero-order chi connectivity index (χ0) is 17.9. The summed E-state index contributed by atoms with van der Waals surface area (Å²) in [5.74, 6) is -0.00528. The minimum Gasteiger partial charge on any atom is -0.484 e. The molecule has 2 aromatic rings. The summed E-state index contributed by atoms with van der Waals surface area (Å²) in [5, 5.41) is 13.7. The van der Waals surface area contributed by atoms with E-state index in [1.54, 1.807) is 18.2 Å². The number of rotatable bonds is 5. The van der Waals surface area contributed by atoms with Crippen LogP contribution in [0.15, 0.2) is 30.3 Å². The molecule has 24 heavy (non-hydrogen) atoms. The van der Waals surface area contributed by atoms with Gasteiger partial charge in [0.05, 0.1) is 15.6 Å². The lowest BCUT2D eigenvalue weighted by Gasteiger charge is -2.10. The second kappa shape index (κ2) is 7.70. The number of carbonyl (C=O) groups excluding carboxylic acids is 1. The van der Waals surface area contributed by atoms with E-state index in [1.807, 2.05) is 6.92 Å². The Hall–Kier alpha value is -2.02. The van der Waals surface area contributed by atoms with E-state index in [4.69, 9.17) is 39.5 Å². The molecule has 0 aliphatic heterocycles. The molecule has 9 heteroatoms. The van der Waals surface area contributed by atoms with Gasteiger partial charge in [-0.2, -0.15) is 0 Å². The number of nitro benzene ring substituents is 1. The van der Waals surface area contributed by atoms with Gasteiger partial charge in [0, 0.05) is 11.1 Å². The summed E-state index contributed by atoms with van der Waals surface area (Å²) in [6.45, 7) is 1.54. The number of halogens is 3. The lowest BCUT2D eigenvalue weighted by Crippen LogP contribution is -2.20. The molecule has 6 nitrogen and oxygen atoms in total. The fraction of sp³-hybridized carbons (Fsp3) is 0.133. The molecule has 126 valence electrons. The molecule has 0 heterocycles. The number of nitrogens with zero attached hydrogens (tertiary/aromatic N) is 1. The highest BCUT2D eigenvalue weighted by Crippen LogP contribution is 2.33. The van der Waals surface area contributed by atoms with Gasteiger partial charge in [-0.25, -0.2) is 0 Å². The van der Waals surface area contributed by atoms with E-state index in [-0.39, 0.29) is 28.0 Å². The van der Waals surface area contributed by atoms with Crippen molar-refractivity contribution in [2.24, 2.45) is 0 Å². The van der Waals surface area contributed by atoms with Crippen molar-refractivity contribution in [3.05, 3.63) is 61.1 Å². The van der Waals surface area contributed by atoms with Crippen LogP contribution in [0.25, 0.3) is 0 Å². The summed E-state index contributed by atoms with van der Waals surface area (Å²) >= 11 is 17.6. The molecule has 0 unspecified atom stereocenters. The fourth-order valence-corrected chi connectivity index (χ4v) is 2.37. The van der Waals surface area contributed by atoms with Crippen LogP contribution in [0.3, 0.4) is 0 Å². The topological polar surface area (TPSA) is 81.5 Å². The quantitative estimate of drug-likeness (QED) is 0.583. The van der Waals surface area contributed by atoms with Crippen molar-refractivity contribution in [1.82, 2.24) is 0 Å². The summed E-state index contributed by atoms with van der Waals surface area (Å²) in [4.78, 5) is 22.0. The maximum atomic E-state index is 11.9. The molecule has 0 saturated heterocycles. The smallest absolute Gasteiger partial charge is 0.289 e. The highest BCUT2D eigenvalue weighted by Gasteiger charge is 2.17. The van der Waals surface area contributed by atoms with Gasteiger partial charge >= 0.3 is 0 Å². The van der Waals surface area contributed by atoms with Crippen molar-refractivity contribution >= 4 is 52.1 Å². The van der Waals surface area contributed by atoms with Crippen LogP contribution < -0.4 is 10.1 Å².